The first-order valence-corrected chi connectivity index (χ1v) is 12.7. The number of nitrogens with one attached hydrogen (secondary N) is 1. The summed E-state index contributed by atoms with van der Waals surface area (Å²) in [4.78, 5) is 28.5. The Morgan fingerprint density at radius 3 is 2.31 bits per heavy atom. The van der Waals surface area contributed by atoms with Crippen LogP contribution in [-0.2, 0) is 11.0 Å². The molecule has 214 valence electrons. The van der Waals surface area contributed by atoms with Crippen LogP contribution in [0.5, 0.6) is 0 Å². The molecule has 1 N–H and O–H groups in total. The fourth-order valence-corrected chi connectivity index (χ4v) is 5.04. The Hall–Kier alpha value is -3.12. The lowest BCUT2D eigenvalue weighted by atomic mass is 10.0. The smallest absolute Gasteiger partial charge is 0.382 e. The van der Waals surface area contributed by atoms with Gasteiger partial charge in [0.05, 0.1) is 10.6 Å². The molecule has 2 fully saturated rings. The van der Waals surface area contributed by atoms with Gasteiger partial charge in [-0.15, -0.1) is 0 Å². The van der Waals surface area contributed by atoms with Crippen LogP contribution in [-0.4, -0.2) is 72.5 Å². The van der Waals surface area contributed by atoms with Crippen molar-refractivity contribution in [2.24, 2.45) is 0 Å². The number of halogens is 5. The van der Waals surface area contributed by atoms with Crippen molar-refractivity contribution in [3.63, 3.8) is 0 Å². The summed E-state index contributed by atoms with van der Waals surface area (Å²) < 4.78 is 53.9. The molecule has 4 rings (SSSR count). The lowest BCUT2D eigenvalue weighted by molar-refractivity contribution is -0.388. The van der Waals surface area contributed by atoms with Crippen molar-refractivity contribution in [2.75, 3.05) is 56.0 Å². The van der Waals surface area contributed by atoms with E-state index in [9.17, 15) is 32.5 Å². The molecule has 1 amide bonds. The number of nitro groups is 1. The summed E-state index contributed by atoms with van der Waals surface area (Å²) >= 11 is 5.83. The number of amides is 1. The van der Waals surface area contributed by atoms with Crippen molar-refractivity contribution in [2.45, 2.75) is 38.9 Å². The molecule has 0 bridgehead atoms. The zero-order valence-corrected chi connectivity index (χ0v) is 21.3. The molecule has 2 saturated heterocycles. The van der Waals surface area contributed by atoms with Crippen LogP contribution < -0.4 is 10.2 Å². The van der Waals surface area contributed by atoms with E-state index in [-0.39, 0.29) is 30.9 Å². The first kappa shape index (κ1) is 30.4. The van der Waals surface area contributed by atoms with Crippen molar-refractivity contribution in [1.29, 1.82) is 0 Å². The standard InChI is InChI=1S/C25H28ClF4N5O3.CH4/c26-17-1-3-23(21(27)15-17)33-13-11-32(12-14-33)8-7-24(36)34-9-5-18(6-10-34)31-19-2-4-22(35(37)38)20(16-19)25(28,29)30;/h1-4,15-16,18,31H,5-14H2;1H4. The molecule has 0 unspecified atom stereocenters. The molecule has 2 aromatic carbocycles. The van der Waals surface area contributed by atoms with Crippen LogP contribution in [0.3, 0.4) is 0 Å². The minimum Gasteiger partial charge on any atom is -0.382 e. The van der Waals surface area contributed by atoms with E-state index in [1.807, 2.05) is 4.90 Å². The first-order valence-electron chi connectivity index (χ1n) is 12.3. The minimum atomic E-state index is -4.84. The van der Waals surface area contributed by atoms with Gasteiger partial charge in [0.2, 0.25) is 5.91 Å². The minimum absolute atomic E-state index is 0. The molecular formula is C26H32ClF4N5O3. The number of likely N-dealkylation sites (tertiary alicyclic amines) is 1. The number of benzene rings is 2. The summed E-state index contributed by atoms with van der Waals surface area (Å²) in [5.41, 5.74) is -1.60. The SMILES string of the molecule is C.O=C(CCN1CCN(c2ccc(Cl)cc2F)CC1)N1CCC(Nc2ccc([N+](=O)[O-])c(C(F)(F)F)c2)CC1. The Morgan fingerprint density at radius 2 is 1.72 bits per heavy atom. The van der Waals surface area contributed by atoms with Crippen LogP contribution in [0.25, 0.3) is 0 Å². The summed E-state index contributed by atoms with van der Waals surface area (Å²) in [5, 5.41) is 14.3. The van der Waals surface area contributed by atoms with Crippen LogP contribution in [0.2, 0.25) is 5.02 Å². The highest BCUT2D eigenvalue weighted by atomic mass is 35.5. The predicted molar refractivity (Wildman–Crippen MR) is 143 cm³/mol. The topological polar surface area (TPSA) is 82.0 Å². The monoisotopic (exact) mass is 573 g/mol. The maximum atomic E-state index is 14.2. The third-order valence-corrected chi connectivity index (χ3v) is 7.22. The number of piperazine rings is 1. The highest BCUT2D eigenvalue weighted by molar-refractivity contribution is 6.30. The largest absolute Gasteiger partial charge is 0.423 e. The molecule has 39 heavy (non-hydrogen) atoms. The molecule has 2 heterocycles. The Kier molecular flexibility index (Phi) is 10.0. The number of carbonyl (C=O) groups excluding carboxylic acids is 1. The maximum Gasteiger partial charge on any atom is 0.423 e. The molecule has 2 aliphatic rings. The lowest BCUT2D eigenvalue weighted by Gasteiger charge is -2.37. The van der Waals surface area contributed by atoms with E-state index >= 15 is 0 Å². The Labute approximate surface area is 229 Å². The first-order chi connectivity index (χ1) is 18.0. The highest BCUT2D eigenvalue weighted by Crippen LogP contribution is 2.38. The molecule has 8 nitrogen and oxygen atoms in total. The number of nitrogens with zero attached hydrogens (tertiary/aromatic N) is 4. The van der Waals surface area contributed by atoms with Crippen LogP contribution in [0.4, 0.5) is 34.6 Å². The lowest BCUT2D eigenvalue weighted by Crippen LogP contribution is -2.48. The van der Waals surface area contributed by atoms with Crippen molar-refractivity contribution in [3.8, 4) is 0 Å². The van der Waals surface area contributed by atoms with Gasteiger partial charge < -0.3 is 15.1 Å². The van der Waals surface area contributed by atoms with Crippen molar-refractivity contribution < 1.29 is 27.3 Å². The van der Waals surface area contributed by atoms with Gasteiger partial charge in [-0.1, -0.05) is 19.0 Å². The van der Waals surface area contributed by atoms with E-state index in [0.717, 1.165) is 12.1 Å². The van der Waals surface area contributed by atoms with Crippen LogP contribution in [0.15, 0.2) is 36.4 Å². The van der Waals surface area contributed by atoms with Crippen molar-refractivity contribution in [1.82, 2.24) is 9.80 Å². The average molecular weight is 574 g/mol. The zero-order chi connectivity index (χ0) is 27.4. The quantitative estimate of drug-likeness (QED) is 0.262. The number of hydrogen-bond donors (Lipinski definition) is 1. The van der Waals surface area contributed by atoms with Crippen molar-refractivity contribution >= 4 is 34.6 Å². The molecule has 2 aromatic rings. The molecule has 0 aromatic heterocycles. The number of nitro benzene ring substituents is 1. The Balaban J connectivity index is 0.00000420. The Morgan fingerprint density at radius 1 is 1.05 bits per heavy atom. The van der Waals surface area contributed by atoms with Crippen LogP contribution in [0, 0.1) is 15.9 Å². The molecule has 2 aliphatic heterocycles. The van der Waals surface area contributed by atoms with Gasteiger partial charge in [0.25, 0.3) is 5.69 Å². The molecular weight excluding hydrogens is 542 g/mol. The van der Waals surface area contributed by atoms with Gasteiger partial charge in [0, 0.05) is 75.1 Å². The maximum absolute atomic E-state index is 14.2. The average Bonchev–Trinajstić information content (AvgIpc) is 2.87. The fraction of sp³-hybridized carbons (Fsp3) is 0.500. The van der Waals surface area contributed by atoms with E-state index in [1.165, 1.54) is 12.1 Å². The number of carbonyl (C=O) groups is 1. The second kappa shape index (κ2) is 12.8. The Bertz CT molecular complexity index is 1170. The number of anilines is 2. The third kappa shape index (κ3) is 7.72. The van der Waals surface area contributed by atoms with E-state index < -0.39 is 22.4 Å². The molecule has 0 atom stereocenters. The second-order valence-electron chi connectivity index (χ2n) is 9.46. The number of rotatable bonds is 7. The molecule has 0 aliphatic carbocycles. The van der Waals surface area contributed by atoms with Gasteiger partial charge in [-0.3, -0.25) is 19.8 Å². The zero-order valence-electron chi connectivity index (χ0n) is 20.5. The predicted octanol–water partition coefficient (Wildman–Crippen LogP) is 5.66. The van der Waals surface area contributed by atoms with Crippen LogP contribution in [0.1, 0.15) is 32.3 Å². The summed E-state index contributed by atoms with van der Waals surface area (Å²) in [6.07, 6.45) is -3.38. The van der Waals surface area contributed by atoms with Gasteiger partial charge in [0.15, 0.2) is 0 Å². The summed E-state index contributed by atoms with van der Waals surface area (Å²) in [5.74, 6) is -0.335. The number of piperidine rings is 1. The van der Waals surface area contributed by atoms with E-state index in [0.29, 0.717) is 75.8 Å². The van der Waals surface area contributed by atoms with Crippen LogP contribution >= 0.6 is 11.6 Å². The van der Waals surface area contributed by atoms with E-state index in [4.69, 9.17) is 11.6 Å². The second-order valence-corrected chi connectivity index (χ2v) is 9.90. The fourth-order valence-electron chi connectivity index (χ4n) is 4.88. The summed E-state index contributed by atoms with van der Waals surface area (Å²) in [6, 6.07) is 7.37. The molecule has 0 radical (unpaired) electrons. The molecule has 13 heteroatoms. The normalized spacial score (nSPS) is 17.1. The molecule has 0 spiro atoms. The van der Waals surface area contributed by atoms with Gasteiger partial charge in [-0.25, -0.2) is 4.39 Å². The van der Waals surface area contributed by atoms with Crippen molar-refractivity contribution in [3.05, 3.63) is 62.9 Å². The number of hydrogen-bond acceptors (Lipinski definition) is 6. The van der Waals surface area contributed by atoms with Gasteiger partial charge in [0.1, 0.15) is 11.4 Å². The summed E-state index contributed by atoms with van der Waals surface area (Å²) in [7, 11) is 0. The van der Waals surface area contributed by atoms with E-state index in [1.54, 1.807) is 17.0 Å². The summed E-state index contributed by atoms with van der Waals surface area (Å²) in [6.45, 7) is 4.23. The van der Waals surface area contributed by atoms with Gasteiger partial charge >= 0.3 is 6.18 Å². The number of alkyl halides is 3. The van der Waals surface area contributed by atoms with Gasteiger partial charge in [-0.2, -0.15) is 13.2 Å². The molecule has 0 saturated carbocycles. The van der Waals surface area contributed by atoms with Gasteiger partial charge in [-0.05, 0) is 43.2 Å². The van der Waals surface area contributed by atoms with E-state index in [2.05, 4.69) is 10.2 Å². The highest BCUT2D eigenvalue weighted by Gasteiger charge is 2.38. The third-order valence-electron chi connectivity index (χ3n) is 6.98.